The van der Waals surface area contributed by atoms with Crippen LogP contribution in [0, 0.1) is 12.7 Å². The zero-order valence-corrected chi connectivity index (χ0v) is 19.2. The molecule has 0 aliphatic rings. The second kappa shape index (κ2) is 8.71. The summed E-state index contributed by atoms with van der Waals surface area (Å²) in [5.41, 5.74) is 0.975. The maximum atomic E-state index is 13.5. The number of nitrogens with zero attached hydrogens (tertiary/aromatic N) is 3. The van der Waals surface area contributed by atoms with E-state index in [9.17, 15) is 12.8 Å². The number of rotatable bonds is 7. The quantitative estimate of drug-likeness (QED) is 0.370. The zero-order valence-electron chi connectivity index (χ0n) is 17.6. The van der Waals surface area contributed by atoms with Crippen LogP contribution in [0.1, 0.15) is 11.8 Å². The van der Waals surface area contributed by atoms with Gasteiger partial charge in [-0.15, -0.1) is 11.3 Å². The van der Waals surface area contributed by atoms with E-state index in [1.807, 2.05) is 6.92 Å². The summed E-state index contributed by atoms with van der Waals surface area (Å²) < 4.78 is 52.0. The second-order valence-electron chi connectivity index (χ2n) is 6.86. The van der Waals surface area contributed by atoms with Gasteiger partial charge in [-0.3, -0.25) is 4.31 Å². The number of halogens is 1. The van der Waals surface area contributed by atoms with E-state index in [2.05, 4.69) is 10.1 Å². The molecule has 0 atom stereocenters. The number of benzene rings is 2. The maximum absolute atomic E-state index is 13.5. The first-order valence-corrected chi connectivity index (χ1v) is 12.0. The monoisotopic (exact) mass is 473 g/mol. The van der Waals surface area contributed by atoms with Crippen molar-refractivity contribution in [3.05, 3.63) is 65.3 Å². The molecule has 0 aliphatic carbocycles. The Morgan fingerprint density at radius 3 is 2.59 bits per heavy atom. The first kappa shape index (κ1) is 22.0. The number of sulfonamides is 1. The Morgan fingerprint density at radius 2 is 1.91 bits per heavy atom. The molecular weight excluding hydrogens is 453 g/mol. The van der Waals surface area contributed by atoms with Crippen LogP contribution in [0.5, 0.6) is 5.75 Å². The number of hydrogen-bond acceptors (Lipinski definition) is 7. The number of aromatic nitrogens is 2. The van der Waals surface area contributed by atoms with E-state index >= 15 is 0 Å². The summed E-state index contributed by atoms with van der Waals surface area (Å²) in [6.07, 6.45) is 0. The lowest BCUT2D eigenvalue weighted by Gasteiger charge is -2.19. The van der Waals surface area contributed by atoms with Gasteiger partial charge >= 0.3 is 0 Å². The molecule has 4 rings (SSSR count). The molecule has 0 amide bonds. The van der Waals surface area contributed by atoms with Crippen molar-refractivity contribution in [2.75, 3.05) is 18.0 Å². The lowest BCUT2D eigenvalue weighted by molar-refractivity contribution is 0.340. The van der Waals surface area contributed by atoms with Crippen LogP contribution in [-0.2, 0) is 10.0 Å². The number of anilines is 1. The fourth-order valence-electron chi connectivity index (χ4n) is 3.10. The van der Waals surface area contributed by atoms with Gasteiger partial charge in [0, 0.05) is 17.5 Å². The smallest absolute Gasteiger partial charge is 0.268 e. The minimum absolute atomic E-state index is 0.152. The molecule has 32 heavy (non-hydrogen) atoms. The molecule has 0 spiro atoms. The Labute approximate surface area is 189 Å². The largest absolute Gasteiger partial charge is 0.494 e. The van der Waals surface area contributed by atoms with Crippen LogP contribution in [0.4, 0.5) is 10.1 Å². The van der Waals surface area contributed by atoms with E-state index in [-0.39, 0.29) is 16.6 Å². The predicted octanol–water partition coefficient (Wildman–Crippen LogP) is 5.14. The standard InChI is InChI=1S/C22H20FN3O4S2/c1-4-29-18-10-8-17(9-11-18)26(3)32(27,28)20-13-19(31-14(20)2)22-24-21(25-30-22)15-6-5-7-16(23)12-15/h5-13H,4H2,1-3H3. The van der Waals surface area contributed by atoms with E-state index in [0.717, 1.165) is 0 Å². The van der Waals surface area contributed by atoms with Gasteiger partial charge in [-0.1, -0.05) is 17.3 Å². The third kappa shape index (κ3) is 4.23. The Kier molecular flexibility index (Phi) is 5.98. The third-order valence-electron chi connectivity index (χ3n) is 4.74. The molecule has 0 radical (unpaired) electrons. The maximum Gasteiger partial charge on any atom is 0.268 e. The van der Waals surface area contributed by atoms with Gasteiger partial charge in [0.2, 0.25) is 5.82 Å². The summed E-state index contributed by atoms with van der Waals surface area (Å²) >= 11 is 1.23. The highest BCUT2D eigenvalue weighted by atomic mass is 32.2. The Hall–Kier alpha value is -3.24. The summed E-state index contributed by atoms with van der Waals surface area (Å²) in [4.78, 5) is 5.55. The molecule has 7 nitrogen and oxygen atoms in total. The molecule has 10 heteroatoms. The van der Waals surface area contributed by atoms with Crippen molar-refractivity contribution < 1.29 is 22.1 Å². The van der Waals surface area contributed by atoms with Crippen LogP contribution < -0.4 is 9.04 Å². The Morgan fingerprint density at radius 1 is 1.16 bits per heavy atom. The SMILES string of the molecule is CCOc1ccc(N(C)S(=O)(=O)c2cc(-c3nc(-c4cccc(F)c4)no3)sc2C)cc1. The number of aryl methyl sites for hydroxylation is 1. The van der Waals surface area contributed by atoms with Crippen molar-refractivity contribution in [2.24, 2.45) is 0 Å². The normalized spacial score (nSPS) is 11.5. The Bertz CT molecular complexity index is 1350. The lowest BCUT2D eigenvalue weighted by atomic mass is 10.2. The van der Waals surface area contributed by atoms with Gasteiger partial charge in [-0.2, -0.15) is 4.98 Å². The molecule has 4 aromatic rings. The average Bonchev–Trinajstić information content (AvgIpc) is 3.41. The topological polar surface area (TPSA) is 85.5 Å². The molecule has 0 unspecified atom stereocenters. The van der Waals surface area contributed by atoms with Crippen molar-refractivity contribution in [3.8, 4) is 27.9 Å². The van der Waals surface area contributed by atoms with E-state index in [1.54, 1.807) is 43.3 Å². The molecule has 0 saturated carbocycles. The van der Waals surface area contributed by atoms with Crippen LogP contribution in [0.25, 0.3) is 22.2 Å². The van der Waals surface area contributed by atoms with Gasteiger partial charge in [0.05, 0.1) is 17.2 Å². The predicted molar refractivity (Wildman–Crippen MR) is 121 cm³/mol. The van der Waals surface area contributed by atoms with Crippen LogP contribution >= 0.6 is 11.3 Å². The number of thiophene rings is 1. The first-order chi connectivity index (χ1) is 15.3. The molecule has 0 saturated heterocycles. The highest BCUT2D eigenvalue weighted by Crippen LogP contribution is 2.36. The molecule has 0 N–H and O–H groups in total. The first-order valence-electron chi connectivity index (χ1n) is 9.72. The van der Waals surface area contributed by atoms with Crippen LogP contribution in [0.15, 0.2) is 64.0 Å². The highest BCUT2D eigenvalue weighted by Gasteiger charge is 2.27. The molecule has 2 heterocycles. The van der Waals surface area contributed by atoms with E-state index in [4.69, 9.17) is 9.26 Å². The van der Waals surface area contributed by atoms with E-state index in [0.29, 0.717) is 33.4 Å². The summed E-state index contributed by atoms with van der Waals surface area (Å²) in [6, 6.07) is 14.2. The van der Waals surface area contributed by atoms with Gasteiger partial charge in [0.1, 0.15) is 16.5 Å². The van der Waals surface area contributed by atoms with E-state index < -0.39 is 15.8 Å². The van der Waals surface area contributed by atoms with Gasteiger partial charge in [-0.05, 0) is 56.3 Å². The fraction of sp³-hybridized carbons (Fsp3) is 0.182. The van der Waals surface area contributed by atoms with Crippen molar-refractivity contribution in [3.63, 3.8) is 0 Å². The summed E-state index contributed by atoms with van der Waals surface area (Å²) in [7, 11) is -2.33. The van der Waals surface area contributed by atoms with Gasteiger partial charge in [0.15, 0.2) is 0 Å². The molecule has 0 bridgehead atoms. The van der Waals surface area contributed by atoms with Crippen LogP contribution in [0.3, 0.4) is 0 Å². The van der Waals surface area contributed by atoms with Crippen molar-refractivity contribution >= 4 is 27.0 Å². The van der Waals surface area contributed by atoms with Crippen LogP contribution in [-0.4, -0.2) is 32.2 Å². The van der Waals surface area contributed by atoms with Crippen LogP contribution in [0.2, 0.25) is 0 Å². The summed E-state index contributed by atoms with van der Waals surface area (Å²) in [6.45, 7) is 4.13. The number of ether oxygens (including phenoxy) is 1. The van der Waals surface area contributed by atoms with Gasteiger partial charge in [0.25, 0.3) is 15.9 Å². The number of hydrogen-bond donors (Lipinski definition) is 0. The fourth-order valence-corrected chi connectivity index (χ4v) is 5.78. The van der Waals surface area contributed by atoms with Gasteiger partial charge < -0.3 is 9.26 Å². The third-order valence-corrected chi connectivity index (χ3v) is 7.82. The summed E-state index contributed by atoms with van der Waals surface area (Å²) in [5.74, 6) is 0.650. The second-order valence-corrected chi connectivity index (χ2v) is 10.1. The van der Waals surface area contributed by atoms with Crippen molar-refractivity contribution in [2.45, 2.75) is 18.7 Å². The molecule has 0 fully saturated rings. The molecular formula is C22H20FN3O4S2. The average molecular weight is 474 g/mol. The van der Waals surface area contributed by atoms with Gasteiger partial charge in [-0.25, -0.2) is 12.8 Å². The lowest BCUT2D eigenvalue weighted by Crippen LogP contribution is -2.26. The summed E-state index contributed by atoms with van der Waals surface area (Å²) in [5, 5.41) is 3.89. The Balaban J connectivity index is 1.63. The minimum Gasteiger partial charge on any atom is -0.494 e. The van der Waals surface area contributed by atoms with Crippen molar-refractivity contribution in [1.82, 2.24) is 10.1 Å². The van der Waals surface area contributed by atoms with E-state index in [1.165, 1.54) is 40.9 Å². The minimum atomic E-state index is -3.82. The molecule has 2 aromatic heterocycles. The highest BCUT2D eigenvalue weighted by molar-refractivity contribution is 7.93. The molecule has 166 valence electrons. The zero-order chi connectivity index (χ0) is 22.9. The molecule has 2 aromatic carbocycles. The molecule has 0 aliphatic heterocycles. The van der Waals surface area contributed by atoms with Crippen molar-refractivity contribution in [1.29, 1.82) is 0 Å².